The van der Waals surface area contributed by atoms with E-state index in [1.165, 1.54) is 135 Å². The van der Waals surface area contributed by atoms with Gasteiger partial charge in [0.1, 0.15) is 0 Å². The average molecular weight is 909 g/mol. The topological polar surface area (TPSA) is 120 Å². The molecule has 350 valence electrons. The first-order valence-electron chi connectivity index (χ1n) is 25.2. The third-order valence-corrected chi connectivity index (χ3v) is 10.3. The number of hydrogen-bond acceptors (Lipinski definition) is 6. The Labute approximate surface area is 457 Å². The zero-order valence-corrected chi connectivity index (χ0v) is 48.6. The Morgan fingerprint density at radius 2 is 0.492 bits per heavy atom. The van der Waals surface area contributed by atoms with E-state index in [-0.39, 0.29) is 108 Å². The number of aliphatic carboxylic acids is 3. The normalized spacial score (nSPS) is 11.0. The summed E-state index contributed by atoms with van der Waals surface area (Å²) in [6, 6.07) is 0. The molecule has 0 N–H and O–H groups in total. The van der Waals surface area contributed by atoms with Gasteiger partial charge in [-0.05, 0) is 103 Å². The van der Waals surface area contributed by atoms with Gasteiger partial charge in [0.2, 0.25) is 0 Å². The van der Waals surface area contributed by atoms with Crippen molar-refractivity contribution in [2.75, 3.05) is 0 Å². The Balaban J connectivity index is -0.000000189. The van der Waals surface area contributed by atoms with Crippen LogP contribution < -0.4 is 104 Å². The Morgan fingerprint density at radius 1 is 0.286 bits per heavy atom. The van der Waals surface area contributed by atoms with E-state index in [1.807, 2.05) is 0 Å². The maximum absolute atomic E-state index is 10.2. The molecule has 6 nitrogen and oxygen atoms in total. The minimum atomic E-state index is -0.925. The van der Waals surface area contributed by atoms with Gasteiger partial charge in [0.15, 0.2) is 0 Å². The Kier molecular flexibility index (Phi) is 84.3. The fraction of sp³-hybridized carbons (Fsp3) is 0.759. The molecule has 0 fully saturated rings. The summed E-state index contributed by atoms with van der Waals surface area (Å²) in [5.74, 6) is -2.75. The van der Waals surface area contributed by atoms with Crippen LogP contribution in [0.5, 0.6) is 0 Å². The van der Waals surface area contributed by atoms with Crippen LogP contribution in [0.15, 0.2) is 60.8 Å². The predicted molar refractivity (Wildman–Crippen MR) is 253 cm³/mol. The van der Waals surface area contributed by atoms with Crippen LogP contribution in [0.1, 0.15) is 265 Å². The first kappa shape index (κ1) is 74.6. The van der Waals surface area contributed by atoms with Gasteiger partial charge in [-0.2, -0.15) is 0 Å². The third kappa shape index (κ3) is 85.9. The molecule has 63 heavy (non-hydrogen) atoms. The molecule has 0 aliphatic carbocycles. The van der Waals surface area contributed by atoms with Gasteiger partial charge in [-0.3, -0.25) is 0 Å². The number of carbonyl (C=O) groups is 3. The Bertz CT molecular complexity index is 1040. The maximum atomic E-state index is 10.2. The Hall–Kier alpha value is 0.110. The van der Waals surface area contributed by atoms with Crippen molar-refractivity contribution in [2.45, 2.75) is 265 Å². The van der Waals surface area contributed by atoms with Crippen LogP contribution in [0, 0.1) is 0 Å². The van der Waals surface area contributed by atoms with Gasteiger partial charge in [-0.25, -0.2) is 0 Å². The molecule has 0 radical (unpaired) electrons. The van der Waals surface area contributed by atoms with Gasteiger partial charge in [-0.15, -0.1) is 0 Å². The maximum Gasteiger partial charge on any atom is 1.00 e. The molecule has 0 saturated heterocycles. The molecule has 0 aliphatic rings. The second kappa shape index (κ2) is 71.1. The van der Waals surface area contributed by atoms with Crippen LogP contribution in [0.25, 0.3) is 0 Å². The van der Waals surface area contributed by atoms with Crippen molar-refractivity contribution in [1.82, 2.24) is 0 Å². The molecule has 0 saturated carbocycles. The molecule has 0 aromatic heterocycles. The molecular weight excluding hydrogens is 814 g/mol. The summed E-state index contributed by atoms with van der Waals surface area (Å²) in [5, 5.41) is 30.6. The number of allylic oxidation sites excluding steroid dienone is 10. The van der Waals surface area contributed by atoms with Gasteiger partial charge in [0.25, 0.3) is 0 Å². The van der Waals surface area contributed by atoms with Crippen LogP contribution in [-0.4, -0.2) is 17.9 Å². The molecule has 0 amide bonds. The van der Waals surface area contributed by atoms with Crippen molar-refractivity contribution < 1.29 is 118 Å². The van der Waals surface area contributed by atoms with Crippen molar-refractivity contribution in [2.24, 2.45) is 0 Å². The Morgan fingerprint density at radius 3 is 0.762 bits per heavy atom. The molecule has 0 atom stereocenters. The summed E-state index contributed by atoms with van der Waals surface area (Å²) < 4.78 is 0. The van der Waals surface area contributed by atoms with E-state index in [9.17, 15) is 29.7 Å². The van der Waals surface area contributed by atoms with E-state index >= 15 is 0 Å². The van der Waals surface area contributed by atoms with Crippen molar-refractivity contribution >= 4 is 17.9 Å². The number of rotatable bonds is 43. The summed E-state index contributed by atoms with van der Waals surface area (Å²) in [6.45, 7) is 6.64. The average Bonchev–Trinajstić information content (AvgIpc) is 3.22. The van der Waals surface area contributed by atoms with E-state index in [1.54, 1.807) is 0 Å². The van der Waals surface area contributed by atoms with Crippen LogP contribution in [0.2, 0.25) is 0 Å². The van der Waals surface area contributed by atoms with E-state index < -0.39 is 17.9 Å². The summed E-state index contributed by atoms with van der Waals surface area (Å²) >= 11 is 0. The van der Waals surface area contributed by atoms with Crippen LogP contribution in [-0.2, 0) is 14.4 Å². The number of carboxylic acid groups (broad SMARTS) is 3. The van der Waals surface area contributed by atoms with Gasteiger partial charge in [0.05, 0.1) is 0 Å². The quantitative estimate of drug-likeness (QED) is 0.0489. The minimum absolute atomic E-state index is 0. The minimum Gasteiger partial charge on any atom is -0.550 e. The number of hydrogen-bond donors (Lipinski definition) is 0. The molecule has 0 unspecified atom stereocenters. The van der Waals surface area contributed by atoms with Crippen LogP contribution in [0.3, 0.4) is 0 Å². The number of carbonyl (C=O) groups excluding carboxylic acids is 3. The van der Waals surface area contributed by atoms with E-state index in [2.05, 4.69) is 81.5 Å². The summed E-state index contributed by atoms with van der Waals surface area (Å²) in [7, 11) is 0. The molecule has 0 spiro atoms. The van der Waals surface area contributed by atoms with E-state index in [4.69, 9.17) is 0 Å². The molecular formula is C54H95Na3O6. The molecule has 0 heterocycles. The van der Waals surface area contributed by atoms with Crippen molar-refractivity contribution in [3.63, 3.8) is 0 Å². The zero-order chi connectivity index (χ0) is 44.7. The monoisotopic (exact) mass is 909 g/mol. The van der Waals surface area contributed by atoms with Crippen molar-refractivity contribution in [3.8, 4) is 0 Å². The predicted octanol–water partition coefficient (Wildman–Crippen LogP) is 4.89. The van der Waals surface area contributed by atoms with Gasteiger partial charge >= 0.3 is 88.7 Å². The smallest absolute Gasteiger partial charge is 0.550 e. The molecule has 0 aliphatic heterocycles. The summed E-state index contributed by atoms with van der Waals surface area (Å²) in [4.78, 5) is 30.6. The van der Waals surface area contributed by atoms with E-state index in [0.29, 0.717) is 0 Å². The molecule has 0 rings (SSSR count). The fourth-order valence-electron chi connectivity index (χ4n) is 6.61. The SMILES string of the molecule is CC/C=C\C/C=C\C/C=C\CCCCCCCC(=O)[O-].CCCCC/C=C\C/C=C\CCCCCCCC(=O)[O-].CCCCCCCCCCCCCCCCCC(=O)[O-].[Na+].[Na+].[Na+]. The van der Waals surface area contributed by atoms with Gasteiger partial charge in [-0.1, -0.05) is 223 Å². The van der Waals surface area contributed by atoms with Crippen molar-refractivity contribution in [1.29, 1.82) is 0 Å². The van der Waals surface area contributed by atoms with Gasteiger partial charge in [0, 0.05) is 17.9 Å². The van der Waals surface area contributed by atoms with E-state index in [0.717, 1.165) is 89.9 Å². The zero-order valence-electron chi connectivity index (χ0n) is 42.6. The molecule has 0 aromatic rings. The largest absolute Gasteiger partial charge is 1.00 e. The van der Waals surface area contributed by atoms with Crippen LogP contribution >= 0.6 is 0 Å². The number of carboxylic acids is 3. The third-order valence-electron chi connectivity index (χ3n) is 10.3. The summed E-state index contributed by atoms with van der Waals surface area (Å²) in [6.07, 6.45) is 64.8. The second-order valence-electron chi connectivity index (χ2n) is 16.4. The fourth-order valence-corrected chi connectivity index (χ4v) is 6.61. The first-order chi connectivity index (χ1) is 29.3. The first-order valence-corrected chi connectivity index (χ1v) is 25.2. The van der Waals surface area contributed by atoms with Crippen LogP contribution in [0.4, 0.5) is 0 Å². The number of unbranched alkanes of at least 4 members (excludes halogenated alkanes) is 27. The standard InChI is InChI=1S/C18H36O2.C18H32O2.C18H30O2.3Na/c3*1-2-3-4-5-6-7-8-9-10-11-12-13-14-15-16-17-18(19)20;;;/h2-17H2,1H3,(H,19,20);6-7,9-10H,2-5,8,11-17H2,1H3,(H,19,20);3-4,6-7,9-10H,2,5,8,11-17H2,1H3,(H,19,20);;;/q;;;3*+1/p-3/b;7-6-,10-9-;4-3-,7-6-,10-9-;;;. The summed E-state index contributed by atoms with van der Waals surface area (Å²) in [5.41, 5.74) is 0. The molecule has 9 heteroatoms. The molecule has 0 aromatic carbocycles. The second-order valence-corrected chi connectivity index (χ2v) is 16.4. The molecule has 0 bridgehead atoms. The van der Waals surface area contributed by atoms with Gasteiger partial charge < -0.3 is 29.7 Å². The van der Waals surface area contributed by atoms with Crippen molar-refractivity contribution in [3.05, 3.63) is 60.8 Å².